The molecule has 1 unspecified atom stereocenters. The van der Waals surface area contributed by atoms with Crippen LogP contribution in [0.5, 0.6) is 0 Å². The molecular weight excluding hydrogens is 259 g/mol. The molecule has 17 heavy (non-hydrogen) atoms. The monoisotopic (exact) mass is 274 g/mol. The quantitative estimate of drug-likeness (QED) is 0.655. The molecule has 0 saturated heterocycles. The van der Waals surface area contributed by atoms with Gasteiger partial charge in [-0.25, -0.2) is 0 Å². The third-order valence-corrected chi connectivity index (χ3v) is 4.32. The van der Waals surface area contributed by atoms with Crippen molar-refractivity contribution in [2.24, 2.45) is 5.84 Å². The van der Waals surface area contributed by atoms with Gasteiger partial charge in [-0.1, -0.05) is 29.3 Å². The summed E-state index contributed by atoms with van der Waals surface area (Å²) < 4.78 is 5.63. The Balaban J connectivity index is 2.31. The van der Waals surface area contributed by atoms with E-state index < -0.39 is 0 Å². The maximum Gasteiger partial charge on any atom is 0.0885 e. The van der Waals surface area contributed by atoms with Crippen molar-refractivity contribution in [1.29, 1.82) is 0 Å². The lowest BCUT2D eigenvalue weighted by Crippen LogP contribution is -2.52. The molecule has 0 radical (unpaired) electrons. The van der Waals surface area contributed by atoms with Gasteiger partial charge in [-0.3, -0.25) is 11.3 Å². The van der Waals surface area contributed by atoms with Gasteiger partial charge in [0.05, 0.1) is 21.7 Å². The van der Waals surface area contributed by atoms with E-state index in [0.717, 1.165) is 24.8 Å². The number of rotatable bonds is 4. The van der Waals surface area contributed by atoms with Gasteiger partial charge in [0.15, 0.2) is 0 Å². The average molecular weight is 275 g/mol. The Kier molecular flexibility index (Phi) is 3.95. The van der Waals surface area contributed by atoms with Gasteiger partial charge in [-0.2, -0.15) is 0 Å². The molecule has 3 N–H and O–H groups in total. The second kappa shape index (κ2) is 5.12. The van der Waals surface area contributed by atoms with Crippen molar-refractivity contribution in [3.05, 3.63) is 33.8 Å². The summed E-state index contributed by atoms with van der Waals surface area (Å²) in [5, 5.41) is 1.08. The van der Waals surface area contributed by atoms with E-state index in [1.165, 1.54) is 0 Å². The highest BCUT2D eigenvalue weighted by atomic mass is 35.5. The number of hydrogen-bond acceptors (Lipinski definition) is 3. The zero-order valence-electron chi connectivity index (χ0n) is 9.67. The Labute approximate surface area is 111 Å². The summed E-state index contributed by atoms with van der Waals surface area (Å²) >= 11 is 11.9. The largest absolute Gasteiger partial charge is 0.376 e. The highest BCUT2D eigenvalue weighted by molar-refractivity contribution is 6.42. The van der Waals surface area contributed by atoms with Crippen molar-refractivity contribution in [2.45, 2.75) is 30.9 Å². The van der Waals surface area contributed by atoms with Crippen LogP contribution in [0, 0.1) is 0 Å². The van der Waals surface area contributed by atoms with Gasteiger partial charge in [0.2, 0.25) is 0 Å². The number of ether oxygens (including phenoxy) is 1. The number of benzene rings is 1. The Morgan fingerprint density at radius 1 is 1.35 bits per heavy atom. The van der Waals surface area contributed by atoms with Crippen LogP contribution >= 0.6 is 23.2 Å². The third kappa shape index (κ3) is 2.30. The van der Waals surface area contributed by atoms with Gasteiger partial charge in [0, 0.05) is 7.11 Å². The van der Waals surface area contributed by atoms with Crippen LogP contribution in [0.4, 0.5) is 0 Å². The molecule has 0 bridgehead atoms. The minimum absolute atomic E-state index is 0.0592. The second-order valence-corrected chi connectivity index (χ2v) is 5.21. The maximum atomic E-state index is 6.03. The molecule has 0 heterocycles. The predicted molar refractivity (Wildman–Crippen MR) is 70.1 cm³/mol. The molecule has 0 amide bonds. The molecule has 0 spiro atoms. The first-order chi connectivity index (χ1) is 8.13. The number of hydrazine groups is 1. The highest BCUT2D eigenvalue weighted by Crippen LogP contribution is 2.45. The molecule has 3 nitrogen and oxygen atoms in total. The highest BCUT2D eigenvalue weighted by Gasteiger charge is 2.44. The van der Waals surface area contributed by atoms with E-state index in [9.17, 15) is 0 Å². The number of methoxy groups -OCH3 is 1. The van der Waals surface area contributed by atoms with Crippen LogP contribution in [-0.2, 0) is 4.74 Å². The van der Waals surface area contributed by atoms with Gasteiger partial charge in [-0.05, 0) is 37.0 Å². The molecule has 1 aromatic carbocycles. The van der Waals surface area contributed by atoms with Gasteiger partial charge in [-0.15, -0.1) is 0 Å². The Hall–Kier alpha value is -0.320. The summed E-state index contributed by atoms with van der Waals surface area (Å²) in [4.78, 5) is 0. The van der Waals surface area contributed by atoms with Crippen molar-refractivity contribution >= 4 is 23.2 Å². The summed E-state index contributed by atoms with van der Waals surface area (Å²) in [7, 11) is 1.72. The lowest BCUT2D eigenvalue weighted by atomic mass is 9.72. The van der Waals surface area contributed by atoms with Crippen molar-refractivity contribution in [3.8, 4) is 0 Å². The minimum Gasteiger partial charge on any atom is -0.376 e. The van der Waals surface area contributed by atoms with E-state index in [-0.39, 0.29) is 11.6 Å². The number of nitrogens with two attached hydrogens (primary N) is 1. The van der Waals surface area contributed by atoms with Crippen LogP contribution in [-0.4, -0.2) is 12.7 Å². The van der Waals surface area contributed by atoms with Crippen LogP contribution in [0.2, 0.25) is 10.0 Å². The van der Waals surface area contributed by atoms with E-state index in [4.69, 9.17) is 33.8 Å². The van der Waals surface area contributed by atoms with Crippen molar-refractivity contribution < 1.29 is 4.74 Å². The SMILES string of the molecule is COC1(C(NN)c2ccc(Cl)c(Cl)c2)CCC1. The molecule has 1 aromatic rings. The topological polar surface area (TPSA) is 47.3 Å². The zero-order valence-corrected chi connectivity index (χ0v) is 11.2. The Morgan fingerprint density at radius 3 is 2.47 bits per heavy atom. The van der Waals surface area contributed by atoms with Crippen molar-refractivity contribution in [1.82, 2.24) is 5.43 Å². The fraction of sp³-hybridized carbons (Fsp3) is 0.500. The fourth-order valence-electron chi connectivity index (χ4n) is 2.38. The first kappa shape index (κ1) is 13.1. The molecule has 5 heteroatoms. The average Bonchev–Trinajstić information content (AvgIpc) is 2.27. The Morgan fingerprint density at radius 2 is 2.06 bits per heavy atom. The smallest absolute Gasteiger partial charge is 0.0885 e. The zero-order chi connectivity index (χ0) is 12.5. The first-order valence-corrected chi connectivity index (χ1v) is 6.35. The van der Waals surface area contributed by atoms with Gasteiger partial charge >= 0.3 is 0 Å². The standard InChI is InChI=1S/C12H16Cl2N2O/c1-17-12(5-2-6-12)11(16-15)8-3-4-9(13)10(14)7-8/h3-4,7,11,16H,2,5-6,15H2,1H3. The summed E-state index contributed by atoms with van der Waals surface area (Å²) in [5.74, 6) is 5.66. The van der Waals surface area contributed by atoms with Gasteiger partial charge in [0.25, 0.3) is 0 Å². The van der Waals surface area contributed by atoms with E-state index >= 15 is 0 Å². The summed E-state index contributed by atoms with van der Waals surface area (Å²) in [6, 6.07) is 5.49. The number of halogens is 2. The summed E-state index contributed by atoms with van der Waals surface area (Å²) in [5.41, 5.74) is 3.62. The molecule has 2 rings (SSSR count). The lowest BCUT2D eigenvalue weighted by Gasteiger charge is -2.46. The molecule has 1 aliphatic rings. The molecule has 94 valence electrons. The molecular formula is C12H16Cl2N2O. The van der Waals surface area contributed by atoms with Crippen LogP contribution in [0.3, 0.4) is 0 Å². The first-order valence-electron chi connectivity index (χ1n) is 5.59. The van der Waals surface area contributed by atoms with E-state index in [0.29, 0.717) is 10.0 Å². The van der Waals surface area contributed by atoms with E-state index in [1.807, 2.05) is 12.1 Å². The minimum atomic E-state index is -0.216. The van der Waals surface area contributed by atoms with Crippen LogP contribution in [0.1, 0.15) is 30.9 Å². The lowest BCUT2D eigenvalue weighted by molar-refractivity contribution is -0.0999. The van der Waals surface area contributed by atoms with Gasteiger partial charge in [0.1, 0.15) is 0 Å². The fourth-order valence-corrected chi connectivity index (χ4v) is 2.69. The van der Waals surface area contributed by atoms with Crippen molar-refractivity contribution in [2.75, 3.05) is 7.11 Å². The second-order valence-electron chi connectivity index (χ2n) is 4.40. The Bertz CT molecular complexity index is 402. The number of hydrogen-bond donors (Lipinski definition) is 2. The summed E-state index contributed by atoms with van der Waals surface area (Å²) in [6.07, 6.45) is 3.16. The van der Waals surface area contributed by atoms with Crippen LogP contribution < -0.4 is 11.3 Å². The molecule has 1 aliphatic carbocycles. The predicted octanol–water partition coefficient (Wildman–Crippen LogP) is 3.07. The van der Waals surface area contributed by atoms with Crippen LogP contribution in [0.25, 0.3) is 0 Å². The maximum absolute atomic E-state index is 6.03. The molecule has 1 atom stereocenters. The van der Waals surface area contributed by atoms with Gasteiger partial charge < -0.3 is 4.74 Å². The molecule has 0 aliphatic heterocycles. The van der Waals surface area contributed by atoms with Crippen LogP contribution in [0.15, 0.2) is 18.2 Å². The van der Waals surface area contributed by atoms with E-state index in [1.54, 1.807) is 13.2 Å². The normalized spacial score (nSPS) is 19.8. The molecule has 0 aromatic heterocycles. The molecule has 1 fully saturated rings. The summed E-state index contributed by atoms with van der Waals surface area (Å²) in [6.45, 7) is 0. The number of nitrogens with one attached hydrogen (secondary N) is 1. The van der Waals surface area contributed by atoms with E-state index in [2.05, 4.69) is 5.43 Å². The third-order valence-electron chi connectivity index (χ3n) is 3.58. The van der Waals surface area contributed by atoms with Crippen molar-refractivity contribution in [3.63, 3.8) is 0 Å². The molecule has 1 saturated carbocycles.